The summed E-state index contributed by atoms with van der Waals surface area (Å²) in [4.78, 5) is 0. The minimum Gasteiger partial charge on any atom is -0.383 e. The van der Waals surface area contributed by atoms with E-state index < -0.39 is 0 Å². The van der Waals surface area contributed by atoms with Crippen LogP contribution in [0, 0.1) is 12.3 Å². The molecular weight excluding hydrogens is 138 g/mol. The second kappa shape index (κ2) is 7.59. The first-order valence-electron chi connectivity index (χ1n) is 4.00. The maximum absolute atomic E-state index is 5.15. The lowest BCUT2D eigenvalue weighted by Gasteiger charge is -2.14. The molecule has 0 aromatic carbocycles. The summed E-state index contributed by atoms with van der Waals surface area (Å²) in [6.45, 7) is 3.80. The van der Waals surface area contributed by atoms with Gasteiger partial charge in [0.25, 0.3) is 0 Å². The van der Waals surface area contributed by atoms with Crippen molar-refractivity contribution in [3.8, 4) is 12.3 Å². The van der Waals surface area contributed by atoms with Crippen LogP contribution < -0.4 is 5.32 Å². The van der Waals surface area contributed by atoms with E-state index in [1.807, 2.05) is 0 Å². The fourth-order valence-electron chi connectivity index (χ4n) is 0.992. The molecule has 1 unspecified atom stereocenters. The van der Waals surface area contributed by atoms with Crippen molar-refractivity contribution >= 4 is 0 Å². The van der Waals surface area contributed by atoms with Gasteiger partial charge < -0.3 is 10.1 Å². The van der Waals surface area contributed by atoms with E-state index in [0.29, 0.717) is 6.04 Å². The lowest BCUT2D eigenvalue weighted by molar-refractivity contribution is 0.164. The number of hydrogen-bond acceptors (Lipinski definition) is 2. The topological polar surface area (TPSA) is 21.3 Å². The van der Waals surface area contributed by atoms with Gasteiger partial charge >= 0.3 is 0 Å². The lowest BCUT2D eigenvalue weighted by Crippen LogP contribution is -2.32. The number of ether oxygens (including phenoxy) is 1. The molecule has 1 N–H and O–H groups in total. The summed E-state index contributed by atoms with van der Waals surface area (Å²) in [5.74, 6) is 2.62. The molecule has 1 atom stereocenters. The predicted molar refractivity (Wildman–Crippen MR) is 47.4 cm³/mol. The van der Waals surface area contributed by atoms with Crippen molar-refractivity contribution in [2.45, 2.75) is 25.8 Å². The number of rotatable bonds is 6. The van der Waals surface area contributed by atoms with Gasteiger partial charge in [-0.25, -0.2) is 0 Å². The Morgan fingerprint density at radius 2 is 2.36 bits per heavy atom. The molecule has 0 aliphatic rings. The summed E-state index contributed by atoms with van der Waals surface area (Å²) in [6.07, 6.45) is 6.97. The van der Waals surface area contributed by atoms with Crippen molar-refractivity contribution in [3.05, 3.63) is 0 Å². The minimum atomic E-state index is 0.418. The summed E-state index contributed by atoms with van der Waals surface area (Å²) in [5.41, 5.74) is 0. The van der Waals surface area contributed by atoms with Gasteiger partial charge in [0.2, 0.25) is 0 Å². The van der Waals surface area contributed by atoms with E-state index in [0.717, 1.165) is 26.0 Å². The molecule has 2 nitrogen and oxygen atoms in total. The Hall–Kier alpha value is -0.520. The first-order chi connectivity index (χ1) is 5.35. The van der Waals surface area contributed by atoms with Crippen LogP contribution in [0.15, 0.2) is 0 Å². The van der Waals surface area contributed by atoms with E-state index in [2.05, 4.69) is 18.2 Å². The highest BCUT2D eigenvalue weighted by Gasteiger charge is 2.03. The van der Waals surface area contributed by atoms with Crippen LogP contribution in [0.5, 0.6) is 0 Å². The molecule has 0 bridgehead atoms. The predicted octanol–water partition coefficient (Wildman–Crippen LogP) is 1.02. The van der Waals surface area contributed by atoms with Gasteiger partial charge in [-0.1, -0.05) is 6.92 Å². The summed E-state index contributed by atoms with van der Waals surface area (Å²) in [5, 5.41) is 3.30. The van der Waals surface area contributed by atoms with Gasteiger partial charge in [-0.2, -0.15) is 0 Å². The molecule has 0 aliphatic carbocycles. The second-order valence-corrected chi connectivity index (χ2v) is 2.45. The maximum Gasteiger partial charge on any atom is 0.0616 e. The fourth-order valence-corrected chi connectivity index (χ4v) is 0.992. The van der Waals surface area contributed by atoms with Gasteiger partial charge in [-0.05, 0) is 13.0 Å². The quantitative estimate of drug-likeness (QED) is 0.578. The average Bonchev–Trinajstić information content (AvgIpc) is 2.01. The third-order valence-electron chi connectivity index (χ3n) is 1.50. The standard InChI is InChI=1S/C9H17NO/c1-4-6-7-9(8-11-3)10-5-2/h1,9-10H,5-8H2,2-3H3. The molecule has 11 heavy (non-hydrogen) atoms. The van der Waals surface area contributed by atoms with Crippen LogP contribution in [0.1, 0.15) is 19.8 Å². The van der Waals surface area contributed by atoms with Crippen LogP contribution in [0.3, 0.4) is 0 Å². The summed E-state index contributed by atoms with van der Waals surface area (Å²) < 4.78 is 5.02. The molecule has 0 saturated heterocycles. The summed E-state index contributed by atoms with van der Waals surface area (Å²) in [7, 11) is 1.71. The zero-order valence-corrected chi connectivity index (χ0v) is 7.39. The number of methoxy groups -OCH3 is 1. The molecular formula is C9H17NO. The maximum atomic E-state index is 5.15. The van der Waals surface area contributed by atoms with Crippen molar-refractivity contribution in [1.82, 2.24) is 5.32 Å². The van der Waals surface area contributed by atoms with E-state index in [4.69, 9.17) is 11.2 Å². The highest BCUT2D eigenvalue weighted by Crippen LogP contribution is 1.95. The first kappa shape index (κ1) is 10.5. The number of likely N-dealkylation sites (N-methyl/N-ethyl adjacent to an activating group) is 1. The van der Waals surface area contributed by atoms with E-state index in [1.165, 1.54) is 0 Å². The molecule has 0 saturated carbocycles. The molecule has 64 valence electrons. The summed E-state index contributed by atoms with van der Waals surface area (Å²) >= 11 is 0. The normalized spacial score (nSPS) is 12.5. The lowest BCUT2D eigenvalue weighted by atomic mass is 10.2. The van der Waals surface area contributed by atoms with E-state index in [9.17, 15) is 0 Å². The molecule has 0 fully saturated rings. The molecule has 0 aliphatic heterocycles. The van der Waals surface area contributed by atoms with Crippen LogP contribution in [0.4, 0.5) is 0 Å². The van der Waals surface area contributed by atoms with Crippen molar-refractivity contribution in [3.63, 3.8) is 0 Å². The third-order valence-corrected chi connectivity index (χ3v) is 1.50. The number of hydrogen-bond donors (Lipinski definition) is 1. The van der Waals surface area contributed by atoms with Crippen molar-refractivity contribution in [1.29, 1.82) is 0 Å². The molecule has 0 amide bonds. The molecule has 0 rings (SSSR count). The SMILES string of the molecule is C#CCCC(COC)NCC. The third kappa shape index (κ3) is 5.90. The first-order valence-corrected chi connectivity index (χ1v) is 4.00. The van der Waals surface area contributed by atoms with E-state index in [-0.39, 0.29) is 0 Å². The molecule has 0 aromatic rings. The van der Waals surface area contributed by atoms with Gasteiger partial charge in [0.15, 0.2) is 0 Å². The Bertz CT molecular complexity index is 111. The van der Waals surface area contributed by atoms with E-state index in [1.54, 1.807) is 7.11 Å². The van der Waals surface area contributed by atoms with E-state index >= 15 is 0 Å². The van der Waals surface area contributed by atoms with Gasteiger partial charge in [-0.15, -0.1) is 12.3 Å². The number of terminal acetylenes is 1. The zero-order valence-electron chi connectivity index (χ0n) is 7.39. The van der Waals surface area contributed by atoms with Crippen LogP contribution in [-0.2, 0) is 4.74 Å². The smallest absolute Gasteiger partial charge is 0.0616 e. The number of nitrogens with one attached hydrogen (secondary N) is 1. The van der Waals surface area contributed by atoms with Crippen LogP contribution in [0.2, 0.25) is 0 Å². The molecule has 0 heterocycles. The largest absolute Gasteiger partial charge is 0.383 e. The van der Waals surface area contributed by atoms with Crippen LogP contribution in [0.25, 0.3) is 0 Å². The van der Waals surface area contributed by atoms with Crippen molar-refractivity contribution < 1.29 is 4.74 Å². The Kier molecular flexibility index (Phi) is 7.23. The van der Waals surface area contributed by atoms with Crippen LogP contribution in [-0.4, -0.2) is 26.3 Å². The van der Waals surface area contributed by atoms with Crippen molar-refractivity contribution in [2.24, 2.45) is 0 Å². The van der Waals surface area contributed by atoms with Crippen LogP contribution >= 0.6 is 0 Å². The Balaban J connectivity index is 3.44. The fraction of sp³-hybridized carbons (Fsp3) is 0.778. The Morgan fingerprint density at radius 1 is 1.64 bits per heavy atom. The van der Waals surface area contributed by atoms with Gasteiger partial charge in [0.1, 0.15) is 0 Å². The van der Waals surface area contributed by atoms with Gasteiger partial charge in [-0.3, -0.25) is 0 Å². The Morgan fingerprint density at radius 3 is 2.82 bits per heavy atom. The van der Waals surface area contributed by atoms with Gasteiger partial charge in [0, 0.05) is 19.6 Å². The van der Waals surface area contributed by atoms with Gasteiger partial charge in [0.05, 0.1) is 6.61 Å². The molecule has 0 spiro atoms. The summed E-state index contributed by atoms with van der Waals surface area (Å²) in [6, 6.07) is 0.418. The monoisotopic (exact) mass is 155 g/mol. The zero-order chi connectivity index (χ0) is 8.53. The second-order valence-electron chi connectivity index (χ2n) is 2.45. The molecule has 0 aromatic heterocycles. The highest BCUT2D eigenvalue weighted by molar-refractivity contribution is 4.85. The molecule has 2 heteroatoms. The average molecular weight is 155 g/mol. The van der Waals surface area contributed by atoms with Crippen molar-refractivity contribution in [2.75, 3.05) is 20.3 Å². The Labute approximate surface area is 69.3 Å². The molecule has 0 radical (unpaired) electrons. The minimum absolute atomic E-state index is 0.418. The highest BCUT2D eigenvalue weighted by atomic mass is 16.5.